The number of nitrogen functional groups attached to an aromatic ring is 1. The highest BCUT2D eigenvalue weighted by Gasteiger charge is 2.18. The molecule has 3 nitrogen and oxygen atoms in total. The molecule has 0 amide bonds. The Kier molecular flexibility index (Phi) is 5.85. The van der Waals surface area contributed by atoms with E-state index in [0.29, 0.717) is 22.5 Å². The van der Waals surface area contributed by atoms with Crippen LogP contribution < -0.4 is 11.1 Å². The van der Waals surface area contributed by atoms with Crippen molar-refractivity contribution in [3.63, 3.8) is 0 Å². The molecule has 3 N–H and O–H groups in total. The molecule has 0 fully saturated rings. The molecule has 0 aliphatic heterocycles. The number of carbonyl (C=O) groups is 1. The predicted molar refractivity (Wildman–Crippen MR) is 85.1 cm³/mol. The molecule has 1 aromatic heterocycles. The first-order valence-electron chi connectivity index (χ1n) is 7.05. The van der Waals surface area contributed by atoms with Gasteiger partial charge in [-0.05, 0) is 25.3 Å². The molecule has 2 atom stereocenters. The highest BCUT2D eigenvalue weighted by Crippen LogP contribution is 2.32. The second kappa shape index (κ2) is 6.94. The lowest BCUT2D eigenvalue weighted by Crippen LogP contribution is -2.17. The quantitative estimate of drug-likeness (QED) is 0.728. The van der Waals surface area contributed by atoms with Crippen molar-refractivity contribution in [2.75, 3.05) is 11.1 Å². The molecular weight excluding hydrogens is 256 g/mol. The molecule has 0 aliphatic carbocycles. The molecule has 0 aromatic carbocycles. The first kappa shape index (κ1) is 16.0. The van der Waals surface area contributed by atoms with Crippen molar-refractivity contribution >= 4 is 27.8 Å². The summed E-state index contributed by atoms with van der Waals surface area (Å²) in [6.07, 6.45) is 2.32. The van der Waals surface area contributed by atoms with Crippen molar-refractivity contribution in [1.29, 1.82) is 0 Å². The second-order valence-corrected chi connectivity index (χ2v) is 6.76. The smallest absolute Gasteiger partial charge is 0.177 e. The van der Waals surface area contributed by atoms with Gasteiger partial charge in [-0.1, -0.05) is 34.1 Å². The van der Waals surface area contributed by atoms with E-state index in [1.54, 1.807) is 0 Å². The summed E-state index contributed by atoms with van der Waals surface area (Å²) in [7, 11) is 0. The molecule has 4 heteroatoms. The van der Waals surface area contributed by atoms with Gasteiger partial charge in [-0.3, -0.25) is 4.79 Å². The van der Waals surface area contributed by atoms with Gasteiger partial charge in [0.05, 0.1) is 15.6 Å². The average molecular weight is 282 g/mol. The van der Waals surface area contributed by atoms with Crippen LogP contribution in [0.3, 0.4) is 0 Å². The fourth-order valence-electron chi connectivity index (χ4n) is 2.00. The summed E-state index contributed by atoms with van der Waals surface area (Å²) in [5.41, 5.74) is 6.53. The van der Waals surface area contributed by atoms with Crippen molar-refractivity contribution < 1.29 is 4.79 Å². The summed E-state index contributed by atoms with van der Waals surface area (Å²) in [6, 6.07) is 2.28. The van der Waals surface area contributed by atoms with Gasteiger partial charge in [-0.2, -0.15) is 0 Å². The maximum atomic E-state index is 12.0. The van der Waals surface area contributed by atoms with Crippen molar-refractivity contribution in [2.24, 2.45) is 11.8 Å². The van der Waals surface area contributed by atoms with Crippen LogP contribution in [0.1, 0.15) is 57.1 Å². The van der Waals surface area contributed by atoms with Crippen molar-refractivity contribution in [3.05, 3.63) is 10.9 Å². The molecule has 2 unspecified atom stereocenters. The minimum atomic E-state index is -0.00802. The van der Waals surface area contributed by atoms with Crippen LogP contribution in [0.4, 0.5) is 10.7 Å². The van der Waals surface area contributed by atoms with Gasteiger partial charge in [-0.25, -0.2) is 0 Å². The molecule has 0 saturated heterocycles. The van der Waals surface area contributed by atoms with Crippen molar-refractivity contribution in [1.82, 2.24) is 0 Å². The fourth-order valence-corrected chi connectivity index (χ4v) is 3.18. The minimum absolute atomic E-state index is 0.00802. The van der Waals surface area contributed by atoms with Gasteiger partial charge < -0.3 is 11.1 Å². The Bertz CT molecular complexity index is 426. The van der Waals surface area contributed by atoms with E-state index < -0.39 is 0 Å². The Morgan fingerprint density at radius 2 is 2.00 bits per heavy atom. The normalized spacial score (nSPS) is 14.4. The minimum Gasteiger partial charge on any atom is -0.397 e. The maximum absolute atomic E-state index is 12.0. The summed E-state index contributed by atoms with van der Waals surface area (Å²) >= 11 is 1.47. The number of hydrogen-bond donors (Lipinski definition) is 2. The van der Waals surface area contributed by atoms with Gasteiger partial charge in [0.15, 0.2) is 5.78 Å². The first-order valence-corrected chi connectivity index (χ1v) is 7.86. The lowest BCUT2D eigenvalue weighted by molar-refractivity contribution is 0.0944. The van der Waals surface area contributed by atoms with E-state index in [-0.39, 0.29) is 11.7 Å². The van der Waals surface area contributed by atoms with Crippen LogP contribution in [0, 0.1) is 11.8 Å². The Balaban J connectivity index is 2.71. The van der Waals surface area contributed by atoms with Crippen LogP contribution in [0.15, 0.2) is 6.07 Å². The predicted octanol–water partition coefficient (Wildman–Crippen LogP) is 4.41. The topological polar surface area (TPSA) is 55.1 Å². The zero-order valence-electron chi connectivity index (χ0n) is 12.6. The lowest BCUT2D eigenvalue weighted by atomic mass is 10.0. The number of carbonyl (C=O) groups excluding carboxylic acids is 1. The van der Waals surface area contributed by atoms with Crippen molar-refractivity contribution in [3.8, 4) is 0 Å². The van der Waals surface area contributed by atoms with Crippen LogP contribution in [0.2, 0.25) is 0 Å². The summed E-state index contributed by atoms with van der Waals surface area (Å²) in [5, 5.41) is 4.45. The Labute approximate surface area is 120 Å². The van der Waals surface area contributed by atoms with E-state index in [1.807, 2.05) is 19.9 Å². The number of nitrogens with two attached hydrogens (primary N) is 1. The molecule has 0 radical (unpaired) electrons. The molecule has 1 heterocycles. The largest absolute Gasteiger partial charge is 0.397 e. The third-order valence-electron chi connectivity index (χ3n) is 3.35. The van der Waals surface area contributed by atoms with Gasteiger partial charge in [0, 0.05) is 12.0 Å². The van der Waals surface area contributed by atoms with E-state index in [9.17, 15) is 4.79 Å². The highest BCUT2D eigenvalue weighted by molar-refractivity contribution is 7.18. The molecule has 0 saturated carbocycles. The first-order chi connectivity index (χ1) is 8.85. The molecule has 0 aliphatic rings. The number of nitrogens with one attached hydrogen (secondary N) is 1. The standard InChI is InChI=1S/C15H26N2OS/c1-6-10(4)7-11(5)17-13-8-12(16)15(19-13)14(18)9(2)3/h8-11,17H,6-7,16H2,1-5H3. The third-order valence-corrected chi connectivity index (χ3v) is 4.45. The monoisotopic (exact) mass is 282 g/mol. The van der Waals surface area contributed by atoms with Gasteiger partial charge in [0.2, 0.25) is 0 Å². The zero-order valence-corrected chi connectivity index (χ0v) is 13.4. The summed E-state index contributed by atoms with van der Waals surface area (Å²) in [4.78, 5) is 12.7. The van der Waals surface area contributed by atoms with E-state index >= 15 is 0 Å². The Morgan fingerprint density at radius 3 is 2.53 bits per heavy atom. The van der Waals surface area contributed by atoms with Crippen LogP contribution in [0.5, 0.6) is 0 Å². The van der Waals surface area contributed by atoms with Crippen LogP contribution in [-0.4, -0.2) is 11.8 Å². The summed E-state index contributed by atoms with van der Waals surface area (Å²) in [6.45, 7) is 10.4. The zero-order chi connectivity index (χ0) is 14.6. The number of ketones is 1. The number of anilines is 2. The molecule has 1 aromatic rings. The van der Waals surface area contributed by atoms with Crippen LogP contribution >= 0.6 is 11.3 Å². The van der Waals surface area contributed by atoms with Crippen molar-refractivity contribution in [2.45, 2.75) is 53.5 Å². The van der Waals surface area contributed by atoms with Gasteiger partial charge >= 0.3 is 0 Å². The molecule has 0 bridgehead atoms. The second-order valence-electron chi connectivity index (χ2n) is 5.71. The van der Waals surface area contributed by atoms with E-state index in [2.05, 4.69) is 26.1 Å². The maximum Gasteiger partial charge on any atom is 0.177 e. The molecule has 19 heavy (non-hydrogen) atoms. The lowest BCUT2D eigenvalue weighted by Gasteiger charge is -2.17. The molecule has 0 spiro atoms. The van der Waals surface area contributed by atoms with Gasteiger partial charge in [0.25, 0.3) is 0 Å². The molecule has 108 valence electrons. The SMILES string of the molecule is CCC(C)CC(C)Nc1cc(N)c(C(=O)C(C)C)s1. The van der Waals surface area contributed by atoms with E-state index in [0.717, 1.165) is 11.4 Å². The Morgan fingerprint density at radius 1 is 1.37 bits per heavy atom. The highest BCUT2D eigenvalue weighted by atomic mass is 32.1. The number of Topliss-reactive ketones (excluding diaryl/α,β-unsaturated/α-hetero) is 1. The van der Waals surface area contributed by atoms with Crippen LogP contribution in [-0.2, 0) is 0 Å². The third kappa shape index (κ3) is 4.53. The Hall–Kier alpha value is -1.03. The summed E-state index contributed by atoms with van der Waals surface area (Å²) < 4.78 is 0. The summed E-state index contributed by atoms with van der Waals surface area (Å²) in [5.74, 6) is 0.827. The number of thiophene rings is 1. The molecular formula is C15H26N2OS. The molecule has 1 rings (SSSR count). The van der Waals surface area contributed by atoms with Gasteiger partial charge in [0.1, 0.15) is 0 Å². The van der Waals surface area contributed by atoms with E-state index in [1.165, 1.54) is 17.8 Å². The van der Waals surface area contributed by atoms with E-state index in [4.69, 9.17) is 5.73 Å². The number of hydrogen-bond acceptors (Lipinski definition) is 4. The average Bonchev–Trinajstić information content (AvgIpc) is 2.68. The van der Waals surface area contributed by atoms with Crippen LogP contribution in [0.25, 0.3) is 0 Å². The fraction of sp³-hybridized carbons (Fsp3) is 0.667. The van der Waals surface area contributed by atoms with Gasteiger partial charge in [-0.15, -0.1) is 11.3 Å². The number of rotatable bonds is 7.